The second-order valence-electron chi connectivity index (χ2n) is 7.03. The summed E-state index contributed by atoms with van der Waals surface area (Å²) in [6.45, 7) is 10.0. The average molecular weight is 526 g/mol. The predicted molar refractivity (Wildman–Crippen MR) is 134 cm³/mol. The van der Waals surface area contributed by atoms with Crippen molar-refractivity contribution in [3.05, 3.63) is 59.1 Å². The van der Waals surface area contributed by atoms with Crippen LogP contribution in [0.1, 0.15) is 5.56 Å². The van der Waals surface area contributed by atoms with Gasteiger partial charge >= 0.3 is 18.0 Å². The highest BCUT2D eigenvalue weighted by molar-refractivity contribution is 7.80. The van der Waals surface area contributed by atoms with E-state index in [1.165, 1.54) is 0 Å². The van der Waals surface area contributed by atoms with Crippen LogP contribution in [-0.4, -0.2) is 70.6 Å². The molecule has 0 saturated carbocycles. The van der Waals surface area contributed by atoms with Crippen molar-refractivity contribution in [3.63, 3.8) is 0 Å². The molecule has 1 saturated heterocycles. The molecular formula is C22H25Cl2N5O4S. The van der Waals surface area contributed by atoms with Crippen molar-refractivity contribution < 1.29 is 18.9 Å². The van der Waals surface area contributed by atoms with Gasteiger partial charge in [0.2, 0.25) is 0 Å². The molecule has 1 N–H and O–H groups in total. The summed E-state index contributed by atoms with van der Waals surface area (Å²) in [6.07, 6.45) is 2.91. The van der Waals surface area contributed by atoms with Crippen molar-refractivity contribution in [3.8, 4) is 18.0 Å². The molecule has 182 valence electrons. The predicted octanol–water partition coefficient (Wildman–Crippen LogP) is 3.46. The molecule has 1 aliphatic heterocycles. The summed E-state index contributed by atoms with van der Waals surface area (Å²) >= 11 is 17.7. The Hall–Kier alpha value is -2.66. The zero-order valence-corrected chi connectivity index (χ0v) is 20.7. The van der Waals surface area contributed by atoms with Gasteiger partial charge < -0.3 is 29.2 Å². The van der Waals surface area contributed by atoms with E-state index in [2.05, 4.69) is 33.4 Å². The fraction of sp³-hybridized carbons (Fsp3) is 0.364. The summed E-state index contributed by atoms with van der Waals surface area (Å²) in [6, 6.07) is 5.56. The standard InChI is InChI=1S/C22H25Cl2N5O4S/c1-3-8-31-19-26-20(32-9-4-2)28-21(27-19)33-14-17-13-29(7-10-30-17)22(34)25-12-15-5-6-16(23)11-18(15)24/h3-6,11,17H,1-2,7-10,12-14H2,(H,25,34). The fourth-order valence-corrected chi connectivity index (χ4v) is 3.61. The molecule has 1 aliphatic rings. The van der Waals surface area contributed by atoms with Crippen molar-refractivity contribution in [2.75, 3.05) is 39.5 Å². The van der Waals surface area contributed by atoms with Crippen LogP contribution < -0.4 is 19.5 Å². The average Bonchev–Trinajstić information content (AvgIpc) is 2.84. The third-order valence-corrected chi connectivity index (χ3v) is 5.49. The highest BCUT2D eigenvalue weighted by Gasteiger charge is 2.24. The lowest BCUT2D eigenvalue weighted by Gasteiger charge is -2.34. The van der Waals surface area contributed by atoms with Crippen LogP contribution in [0.2, 0.25) is 10.0 Å². The first-order chi connectivity index (χ1) is 16.5. The van der Waals surface area contributed by atoms with E-state index >= 15 is 0 Å². The molecule has 12 heteroatoms. The number of aromatic nitrogens is 3. The number of rotatable bonds is 11. The Morgan fingerprint density at radius 2 is 1.76 bits per heavy atom. The maximum Gasteiger partial charge on any atom is 0.326 e. The van der Waals surface area contributed by atoms with Gasteiger partial charge in [-0.1, -0.05) is 54.6 Å². The van der Waals surface area contributed by atoms with Gasteiger partial charge in [0.05, 0.1) is 6.61 Å². The molecule has 0 amide bonds. The molecule has 2 heterocycles. The minimum absolute atomic E-state index is 0.0620. The van der Waals surface area contributed by atoms with E-state index < -0.39 is 0 Å². The Kier molecular flexibility index (Phi) is 10.1. The Bertz CT molecular complexity index is 983. The first-order valence-electron chi connectivity index (χ1n) is 10.4. The van der Waals surface area contributed by atoms with Gasteiger partial charge in [0.25, 0.3) is 0 Å². The minimum Gasteiger partial charge on any atom is -0.460 e. The van der Waals surface area contributed by atoms with Crippen LogP contribution in [-0.2, 0) is 11.3 Å². The van der Waals surface area contributed by atoms with Crippen LogP contribution in [0, 0.1) is 0 Å². The summed E-state index contributed by atoms with van der Waals surface area (Å²) in [5.41, 5.74) is 0.903. The molecule has 1 atom stereocenters. The third-order valence-electron chi connectivity index (χ3n) is 4.50. The monoisotopic (exact) mass is 525 g/mol. The molecule has 3 rings (SSSR count). The lowest BCUT2D eigenvalue weighted by molar-refractivity contribution is -0.0306. The summed E-state index contributed by atoms with van der Waals surface area (Å²) in [7, 11) is 0. The van der Waals surface area contributed by atoms with Crippen LogP contribution in [0.25, 0.3) is 0 Å². The fourth-order valence-electron chi connectivity index (χ4n) is 2.90. The van der Waals surface area contributed by atoms with E-state index in [1.807, 2.05) is 11.0 Å². The number of hydrogen-bond donors (Lipinski definition) is 1. The van der Waals surface area contributed by atoms with Gasteiger partial charge in [0, 0.05) is 29.7 Å². The largest absolute Gasteiger partial charge is 0.460 e. The van der Waals surface area contributed by atoms with Crippen LogP contribution in [0.5, 0.6) is 18.0 Å². The normalized spacial score (nSPS) is 15.4. The topological polar surface area (TPSA) is 90.9 Å². The first kappa shape index (κ1) is 26.0. The number of thiocarbonyl (C=S) groups is 1. The van der Waals surface area contributed by atoms with Crippen molar-refractivity contribution in [1.29, 1.82) is 0 Å². The van der Waals surface area contributed by atoms with Crippen LogP contribution in [0.4, 0.5) is 0 Å². The first-order valence-corrected chi connectivity index (χ1v) is 11.6. The van der Waals surface area contributed by atoms with E-state index in [-0.39, 0.29) is 44.0 Å². The zero-order valence-electron chi connectivity index (χ0n) is 18.4. The maximum absolute atomic E-state index is 6.24. The summed E-state index contributed by atoms with van der Waals surface area (Å²) < 4.78 is 22.3. The van der Waals surface area contributed by atoms with Crippen molar-refractivity contribution in [1.82, 2.24) is 25.2 Å². The van der Waals surface area contributed by atoms with E-state index in [9.17, 15) is 0 Å². The van der Waals surface area contributed by atoms with Crippen molar-refractivity contribution >= 4 is 40.5 Å². The number of nitrogens with zero attached hydrogens (tertiary/aromatic N) is 4. The lowest BCUT2D eigenvalue weighted by atomic mass is 10.2. The number of halogens is 2. The summed E-state index contributed by atoms with van der Waals surface area (Å²) in [5.74, 6) is 0. The molecule has 0 radical (unpaired) electrons. The number of hydrogen-bond acceptors (Lipinski definition) is 8. The maximum atomic E-state index is 6.24. The Morgan fingerprint density at radius 1 is 1.12 bits per heavy atom. The minimum atomic E-state index is -0.250. The number of benzene rings is 1. The molecule has 34 heavy (non-hydrogen) atoms. The van der Waals surface area contributed by atoms with Gasteiger partial charge in [-0.25, -0.2) is 0 Å². The zero-order chi connectivity index (χ0) is 24.3. The SMILES string of the molecule is C=CCOc1nc(OCC=C)nc(OCC2CN(C(=S)NCc3ccc(Cl)cc3Cl)CCO2)n1. The molecule has 1 unspecified atom stereocenters. The van der Waals surface area contributed by atoms with Gasteiger partial charge in [0.1, 0.15) is 25.9 Å². The molecule has 0 spiro atoms. The van der Waals surface area contributed by atoms with Crippen molar-refractivity contribution in [2.24, 2.45) is 0 Å². The smallest absolute Gasteiger partial charge is 0.326 e. The second kappa shape index (κ2) is 13.3. The van der Waals surface area contributed by atoms with Crippen LogP contribution in [0.15, 0.2) is 43.5 Å². The van der Waals surface area contributed by atoms with Gasteiger partial charge in [-0.05, 0) is 29.9 Å². The second-order valence-corrected chi connectivity index (χ2v) is 8.26. The van der Waals surface area contributed by atoms with Gasteiger partial charge in [-0.3, -0.25) is 0 Å². The van der Waals surface area contributed by atoms with E-state index in [0.29, 0.717) is 41.4 Å². The van der Waals surface area contributed by atoms with Crippen LogP contribution >= 0.6 is 35.4 Å². The molecule has 1 aromatic heterocycles. The molecule has 1 aromatic carbocycles. The highest BCUT2D eigenvalue weighted by atomic mass is 35.5. The van der Waals surface area contributed by atoms with Crippen molar-refractivity contribution in [2.45, 2.75) is 12.6 Å². The van der Waals surface area contributed by atoms with Gasteiger partial charge in [-0.15, -0.1) is 15.0 Å². The van der Waals surface area contributed by atoms with E-state index in [0.717, 1.165) is 5.56 Å². The molecule has 0 bridgehead atoms. The quantitative estimate of drug-likeness (QED) is 0.347. The number of morpholine rings is 1. The lowest BCUT2D eigenvalue weighted by Crippen LogP contribution is -2.50. The Morgan fingerprint density at radius 3 is 2.38 bits per heavy atom. The molecular weight excluding hydrogens is 501 g/mol. The number of nitrogens with one attached hydrogen (secondary N) is 1. The molecule has 0 aliphatic carbocycles. The Balaban J connectivity index is 1.54. The number of ether oxygens (including phenoxy) is 4. The molecule has 2 aromatic rings. The highest BCUT2D eigenvalue weighted by Crippen LogP contribution is 2.21. The van der Waals surface area contributed by atoms with Gasteiger partial charge in [0.15, 0.2) is 5.11 Å². The van der Waals surface area contributed by atoms with Gasteiger partial charge in [-0.2, -0.15) is 0 Å². The summed E-state index contributed by atoms with van der Waals surface area (Å²) in [4.78, 5) is 14.4. The third kappa shape index (κ3) is 7.98. The summed E-state index contributed by atoms with van der Waals surface area (Å²) in [5, 5.41) is 5.00. The van der Waals surface area contributed by atoms with E-state index in [4.69, 9.17) is 54.4 Å². The molecule has 9 nitrogen and oxygen atoms in total. The molecule has 1 fully saturated rings. The van der Waals surface area contributed by atoms with E-state index in [1.54, 1.807) is 24.3 Å². The van der Waals surface area contributed by atoms with Crippen LogP contribution in [0.3, 0.4) is 0 Å². The Labute approximate surface area is 213 Å².